The zero-order valence-electron chi connectivity index (χ0n) is 18.2. The molecule has 0 bridgehead atoms. The van der Waals surface area contributed by atoms with Crippen LogP contribution in [0, 0.1) is 0 Å². The molecule has 2 aromatic heterocycles. The Hall–Kier alpha value is -2.75. The summed E-state index contributed by atoms with van der Waals surface area (Å²) in [5.41, 5.74) is 4.46. The second-order valence-corrected chi connectivity index (χ2v) is 8.24. The molecule has 3 aromatic rings. The fourth-order valence-corrected chi connectivity index (χ4v) is 4.43. The van der Waals surface area contributed by atoms with Crippen LogP contribution in [0.2, 0.25) is 0 Å². The molecular formula is C26H32N4. The van der Waals surface area contributed by atoms with E-state index in [1.807, 2.05) is 12.1 Å². The first-order valence-corrected chi connectivity index (χ1v) is 11.5. The SMILES string of the molecule is CC/C=C(\CCC)c1nc(Nc2ccc(C3CCCCC3)cc2)c2cccnc2n1. The molecule has 156 valence electrons. The number of pyridine rings is 1. The minimum absolute atomic E-state index is 0.722. The van der Waals surface area contributed by atoms with Crippen LogP contribution in [-0.4, -0.2) is 15.0 Å². The number of rotatable bonds is 7. The molecule has 1 aliphatic carbocycles. The van der Waals surface area contributed by atoms with Crippen LogP contribution < -0.4 is 5.32 Å². The minimum atomic E-state index is 0.722. The maximum absolute atomic E-state index is 4.92. The highest BCUT2D eigenvalue weighted by Crippen LogP contribution is 2.33. The van der Waals surface area contributed by atoms with Crippen molar-refractivity contribution in [2.24, 2.45) is 0 Å². The fourth-order valence-electron chi connectivity index (χ4n) is 4.43. The van der Waals surface area contributed by atoms with Gasteiger partial charge in [0.25, 0.3) is 0 Å². The van der Waals surface area contributed by atoms with Gasteiger partial charge in [-0.25, -0.2) is 15.0 Å². The van der Waals surface area contributed by atoms with Gasteiger partial charge in [0.2, 0.25) is 0 Å². The topological polar surface area (TPSA) is 50.7 Å². The number of hydrogen-bond donors (Lipinski definition) is 1. The third-order valence-corrected chi connectivity index (χ3v) is 5.98. The number of aromatic nitrogens is 3. The Labute approximate surface area is 179 Å². The maximum Gasteiger partial charge on any atom is 0.165 e. The molecule has 1 saturated carbocycles. The first-order chi connectivity index (χ1) is 14.8. The molecule has 4 rings (SSSR count). The monoisotopic (exact) mass is 400 g/mol. The zero-order chi connectivity index (χ0) is 20.8. The summed E-state index contributed by atoms with van der Waals surface area (Å²) in [5, 5.41) is 4.49. The highest BCUT2D eigenvalue weighted by atomic mass is 15.1. The van der Waals surface area contributed by atoms with Crippen molar-refractivity contribution < 1.29 is 0 Å². The number of nitrogens with one attached hydrogen (secondary N) is 1. The van der Waals surface area contributed by atoms with Crippen LogP contribution in [0.5, 0.6) is 0 Å². The molecular weight excluding hydrogens is 368 g/mol. The Morgan fingerprint density at radius 1 is 1.03 bits per heavy atom. The Morgan fingerprint density at radius 2 is 1.83 bits per heavy atom. The number of anilines is 2. The summed E-state index contributed by atoms with van der Waals surface area (Å²) in [6.45, 7) is 4.35. The molecule has 30 heavy (non-hydrogen) atoms. The Bertz CT molecular complexity index is 1000. The van der Waals surface area contributed by atoms with Crippen molar-refractivity contribution in [3.63, 3.8) is 0 Å². The molecule has 2 heterocycles. The van der Waals surface area contributed by atoms with Crippen molar-refractivity contribution in [2.45, 2.75) is 71.1 Å². The van der Waals surface area contributed by atoms with Crippen LogP contribution in [0.1, 0.15) is 82.5 Å². The van der Waals surface area contributed by atoms with E-state index in [4.69, 9.17) is 9.97 Å². The third-order valence-electron chi connectivity index (χ3n) is 5.98. The van der Waals surface area contributed by atoms with Gasteiger partial charge in [0, 0.05) is 11.9 Å². The van der Waals surface area contributed by atoms with Crippen LogP contribution in [0.15, 0.2) is 48.7 Å². The van der Waals surface area contributed by atoms with E-state index >= 15 is 0 Å². The van der Waals surface area contributed by atoms with Crippen molar-refractivity contribution in [1.82, 2.24) is 15.0 Å². The summed E-state index contributed by atoms with van der Waals surface area (Å²) < 4.78 is 0. The Balaban J connectivity index is 1.65. The van der Waals surface area contributed by atoms with E-state index in [0.29, 0.717) is 0 Å². The molecule has 0 aliphatic heterocycles. The molecule has 0 unspecified atom stereocenters. The number of benzene rings is 1. The summed E-state index contributed by atoms with van der Waals surface area (Å²) in [6.07, 6.45) is 13.8. The molecule has 1 fully saturated rings. The first kappa shape index (κ1) is 20.5. The number of nitrogens with zero attached hydrogens (tertiary/aromatic N) is 3. The van der Waals surface area contributed by atoms with Gasteiger partial charge in [0.15, 0.2) is 11.5 Å². The third kappa shape index (κ3) is 4.69. The van der Waals surface area contributed by atoms with E-state index in [1.54, 1.807) is 6.20 Å². The lowest BCUT2D eigenvalue weighted by Crippen LogP contribution is -2.05. The lowest BCUT2D eigenvalue weighted by atomic mass is 9.84. The average Bonchev–Trinajstić information content (AvgIpc) is 2.80. The molecule has 0 saturated heterocycles. The largest absolute Gasteiger partial charge is 0.340 e. The fraction of sp³-hybridized carbons (Fsp3) is 0.423. The van der Waals surface area contributed by atoms with Crippen LogP contribution in [0.25, 0.3) is 16.6 Å². The highest BCUT2D eigenvalue weighted by molar-refractivity contribution is 5.89. The Morgan fingerprint density at radius 3 is 2.57 bits per heavy atom. The molecule has 1 aliphatic rings. The van der Waals surface area contributed by atoms with Gasteiger partial charge in [0.05, 0.1) is 5.39 Å². The van der Waals surface area contributed by atoms with E-state index in [1.165, 1.54) is 43.2 Å². The van der Waals surface area contributed by atoms with E-state index in [9.17, 15) is 0 Å². The predicted molar refractivity (Wildman–Crippen MR) is 126 cm³/mol. The molecule has 4 nitrogen and oxygen atoms in total. The van der Waals surface area contributed by atoms with Crippen molar-refractivity contribution in [3.05, 3.63) is 60.1 Å². The molecule has 0 radical (unpaired) electrons. The van der Waals surface area contributed by atoms with Crippen molar-refractivity contribution in [1.29, 1.82) is 0 Å². The van der Waals surface area contributed by atoms with Crippen LogP contribution >= 0.6 is 0 Å². The smallest absolute Gasteiger partial charge is 0.165 e. The van der Waals surface area contributed by atoms with Gasteiger partial charge >= 0.3 is 0 Å². The van der Waals surface area contributed by atoms with Gasteiger partial charge in [0.1, 0.15) is 5.82 Å². The predicted octanol–water partition coefficient (Wildman–Crippen LogP) is 7.41. The number of allylic oxidation sites excluding steroid dienone is 2. The number of fused-ring (bicyclic) bond motifs is 1. The quantitative estimate of drug-likeness (QED) is 0.448. The standard InChI is InChI=1S/C26H32N4/c1-3-9-21(10-4-2)24-29-25-23(13-8-18-27-25)26(30-24)28-22-16-14-20(15-17-22)19-11-6-5-7-12-19/h8-9,13-19H,3-7,10-12H2,1-2H3,(H,27,28,29,30)/b21-9+. The van der Waals surface area contributed by atoms with Gasteiger partial charge in [-0.1, -0.05) is 57.7 Å². The minimum Gasteiger partial charge on any atom is -0.340 e. The zero-order valence-corrected chi connectivity index (χ0v) is 18.2. The summed E-state index contributed by atoms with van der Waals surface area (Å²) in [7, 11) is 0. The van der Waals surface area contributed by atoms with Crippen LogP contribution in [-0.2, 0) is 0 Å². The molecule has 1 aromatic carbocycles. The van der Waals surface area contributed by atoms with Gasteiger partial charge in [-0.2, -0.15) is 0 Å². The lowest BCUT2D eigenvalue weighted by molar-refractivity contribution is 0.443. The Kier molecular flexibility index (Phi) is 6.73. The average molecular weight is 401 g/mol. The van der Waals surface area contributed by atoms with Crippen molar-refractivity contribution in [2.75, 3.05) is 5.32 Å². The molecule has 0 amide bonds. The van der Waals surface area contributed by atoms with E-state index in [2.05, 4.69) is 54.5 Å². The van der Waals surface area contributed by atoms with Gasteiger partial charge in [-0.15, -0.1) is 0 Å². The van der Waals surface area contributed by atoms with Crippen LogP contribution in [0.4, 0.5) is 11.5 Å². The highest BCUT2D eigenvalue weighted by Gasteiger charge is 2.16. The maximum atomic E-state index is 4.92. The van der Waals surface area contributed by atoms with Crippen molar-refractivity contribution in [3.8, 4) is 0 Å². The van der Waals surface area contributed by atoms with Gasteiger partial charge < -0.3 is 5.32 Å². The summed E-state index contributed by atoms with van der Waals surface area (Å²) >= 11 is 0. The summed E-state index contributed by atoms with van der Waals surface area (Å²) in [6, 6.07) is 12.9. The molecule has 1 N–H and O–H groups in total. The van der Waals surface area contributed by atoms with E-state index in [0.717, 1.165) is 53.5 Å². The van der Waals surface area contributed by atoms with E-state index in [-0.39, 0.29) is 0 Å². The second kappa shape index (κ2) is 9.84. The first-order valence-electron chi connectivity index (χ1n) is 11.5. The van der Waals surface area contributed by atoms with Gasteiger partial charge in [-0.3, -0.25) is 0 Å². The lowest BCUT2D eigenvalue weighted by Gasteiger charge is -2.22. The van der Waals surface area contributed by atoms with Crippen molar-refractivity contribution >= 4 is 28.1 Å². The number of hydrogen-bond acceptors (Lipinski definition) is 4. The molecule has 4 heteroatoms. The summed E-state index contributed by atoms with van der Waals surface area (Å²) in [4.78, 5) is 14.2. The summed E-state index contributed by atoms with van der Waals surface area (Å²) in [5.74, 6) is 2.33. The normalized spacial score (nSPS) is 15.5. The second-order valence-electron chi connectivity index (χ2n) is 8.24. The van der Waals surface area contributed by atoms with Crippen LogP contribution in [0.3, 0.4) is 0 Å². The van der Waals surface area contributed by atoms with Gasteiger partial charge in [-0.05, 0) is 67.0 Å². The van der Waals surface area contributed by atoms with E-state index < -0.39 is 0 Å². The molecule has 0 spiro atoms. The molecule has 0 atom stereocenters.